The maximum absolute atomic E-state index is 12.0. The molecule has 7 N–H and O–H groups in total. The SMILES string of the molecule is O=C(O)CCC(=O)N(O)CCCCCNC(=O)CCC(=O)N(O)CCCCCNC(=O)CCC(=O)N(O)CCCCCO. The third-order valence-corrected chi connectivity index (χ3v) is 6.31. The molecule has 0 aromatic rings. The lowest BCUT2D eigenvalue weighted by Crippen LogP contribution is -2.31. The minimum atomic E-state index is -1.12. The highest BCUT2D eigenvalue weighted by molar-refractivity contribution is 5.84. The Morgan fingerprint density at radius 1 is 0.465 bits per heavy atom. The van der Waals surface area contributed by atoms with E-state index in [0.717, 1.165) is 0 Å². The Morgan fingerprint density at radius 3 is 1.16 bits per heavy atom. The Kier molecular flexibility index (Phi) is 23.2. The first kappa shape index (κ1) is 39.7. The van der Waals surface area contributed by atoms with Crippen LogP contribution in [-0.4, -0.2) is 116 Å². The van der Waals surface area contributed by atoms with Gasteiger partial charge in [0.2, 0.25) is 29.5 Å². The van der Waals surface area contributed by atoms with Crippen LogP contribution in [-0.2, 0) is 28.8 Å². The van der Waals surface area contributed by atoms with E-state index in [2.05, 4.69) is 10.6 Å². The second-order valence-electron chi connectivity index (χ2n) is 10.0. The Balaban J connectivity index is 3.79. The van der Waals surface area contributed by atoms with Gasteiger partial charge in [0.25, 0.3) is 0 Å². The summed E-state index contributed by atoms with van der Waals surface area (Å²) in [5.74, 6) is -3.59. The fraction of sp³-hybridized carbons (Fsp3) is 0.778. The van der Waals surface area contributed by atoms with Gasteiger partial charge in [-0.2, -0.15) is 0 Å². The second kappa shape index (κ2) is 25.2. The molecule has 16 heteroatoms. The highest BCUT2D eigenvalue weighted by Crippen LogP contribution is 2.04. The van der Waals surface area contributed by atoms with E-state index in [4.69, 9.17) is 10.2 Å². The summed E-state index contributed by atoms with van der Waals surface area (Å²) in [4.78, 5) is 69.6. The van der Waals surface area contributed by atoms with Crippen molar-refractivity contribution in [2.45, 2.75) is 96.3 Å². The van der Waals surface area contributed by atoms with Gasteiger partial charge in [0.15, 0.2) is 0 Å². The number of hydrogen-bond donors (Lipinski definition) is 7. The van der Waals surface area contributed by atoms with Gasteiger partial charge in [-0.3, -0.25) is 44.4 Å². The summed E-state index contributed by atoms with van der Waals surface area (Å²) in [6.07, 6.45) is 4.12. The van der Waals surface area contributed by atoms with Gasteiger partial charge in [-0.1, -0.05) is 0 Å². The molecule has 248 valence electrons. The predicted molar refractivity (Wildman–Crippen MR) is 150 cm³/mol. The first-order valence-corrected chi connectivity index (χ1v) is 14.8. The fourth-order valence-corrected chi connectivity index (χ4v) is 3.73. The number of carbonyl (C=O) groups is 6. The molecule has 0 rings (SSSR count). The number of hydroxylamine groups is 6. The van der Waals surface area contributed by atoms with E-state index in [0.29, 0.717) is 86.1 Å². The highest BCUT2D eigenvalue weighted by Gasteiger charge is 2.15. The Hall–Kier alpha value is -3.34. The number of aliphatic hydroxyl groups excluding tert-OH is 1. The van der Waals surface area contributed by atoms with Crippen LogP contribution in [0.4, 0.5) is 0 Å². The first-order valence-electron chi connectivity index (χ1n) is 14.8. The smallest absolute Gasteiger partial charge is 0.303 e. The molecule has 0 atom stereocenters. The molecule has 0 saturated carbocycles. The molecule has 0 aliphatic rings. The monoisotopic (exact) mass is 619 g/mol. The van der Waals surface area contributed by atoms with Gasteiger partial charge in [-0.25, -0.2) is 15.2 Å². The molecule has 0 fully saturated rings. The standard InChI is InChI=1S/C27H49N5O11/c33-21-9-3-8-20-31(42)25(37)13-11-23(35)28-16-4-1-6-18-30(41)24(36)12-10-22(34)29-17-5-2-7-19-32(43)26(38)14-15-27(39)40/h33,41-43H,1-21H2,(H,28,35)(H,29,34)(H,39,40). The minimum absolute atomic E-state index is 0.0543. The summed E-state index contributed by atoms with van der Waals surface area (Å²) in [5, 5.41) is 53.3. The summed E-state index contributed by atoms with van der Waals surface area (Å²) < 4.78 is 0. The third kappa shape index (κ3) is 22.9. The van der Waals surface area contributed by atoms with Crippen molar-refractivity contribution in [3.05, 3.63) is 0 Å². The Bertz CT molecular complexity index is 859. The van der Waals surface area contributed by atoms with Crippen LogP contribution in [0, 0.1) is 0 Å². The maximum Gasteiger partial charge on any atom is 0.303 e. The van der Waals surface area contributed by atoms with Crippen LogP contribution in [0.1, 0.15) is 96.3 Å². The van der Waals surface area contributed by atoms with Gasteiger partial charge in [0.05, 0.1) is 6.42 Å². The number of carboxylic acids is 1. The maximum atomic E-state index is 12.0. The molecule has 0 heterocycles. The minimum Gasteiger partial charge on any atom is -0.481 e. The number of hydrogen-bond acceptors (Lipinski definition) is 10. The third-order valence-electron chi connectivity index (χ3n) is 6.31. The molecule has 0 spiro atoms. The zero-order valence-electron chi connectivity index (χ0n) is 24.9. The van der Waals surface area contributed by atoms with Crippen molar-refractivity contribution in [3.8, 4) is 0 Å². The molecular formula is C27H49N5O11. The van der Waals surface area contributed by atoms with Crippen LogP contribution in [0.15, 0.2) is 0 Å². The number of amides is 5. The van der Waals surface area contributed by atoms with Gasteiger partial charge in [-0.15, -0.1) is 0 Å². The first-order chi connectivity index (χ1) is 20.5. The van der Waals surface area contributed by atoms with E-state index in [-0.39, 0.29) is 76.6 Å². The molecule has 0 aromatic heterocycles. The van der Waals surface area contributed by atoms with Crippen LogP contribution < -0.4 is 10.6 Å². The lowest BCUT2D eigenvalue weighted by atomic mass is 10.2. The topological polar surface area (TPSA) is 237 Å². The van der Waals surface area contributed by atoms with Crippen LogP contribution in [0.2, 0.25) is 0 Å². The van der Waals surface area contributed by atoms with E-state index in [1.807, 2.05) is 0 Å². The predicted octanol–water partition coefficient (Wildman–Crippen LogP) is 0.801. The van der Waals surface area contributed by atoms with E-state index >= 15 is 0 Å². The summed E-state index contributed by atoms with van der Waals surface area (Å²) in [6, 6.07) is 0. The van der Waals surface area contributed by atoms with E-state index in [1.54, 1.807) is 0 Å². The zero-order valence-corrected chi connectivity index (χ0v) is 24.9. The molecule has 0 aliphatic carbocycles. The molecule has 0 radical (unpaired) electrons. The Labute approximate surface area is 251 Å². The molecule has 0 aromatic carbocycles. The molecule has 0 aliphatic heterocycles. The summed E-state index contributed by atoms with van der Waals surface area (Å²) in [7, 11) is 0. The van der Waals surface area contributed by atoms with Crippen LogP contribution >= 0.6 is 0 Å². The van der Waals surface area contributed by atoms with Crippen molar-refractivity contribution in [2.24, 2.45) is 0 Å². The molecular weight excluding hydrogens is 570 g/mol. The van der Waals surface area contributed by atoms with Crippen molar-refractivity contribution in [2.75, 3.05) is 39.3 Å². The Morgan fingerprint density at radius 2 is 0.814 bits per heavy atom. The van der Waals surface area contributed by atoms with Gasteiger partial charge in [0, 0.05) is 71.4 Å². The fourth-order valence-electron chi connectivity index (χ4n) is 3.73. The number of carbonyl (C=O) groups excluding carboxylic acids is 5. The number of unbranched alkanes of at least 4 members (excludes halogenated alkanes) is 6. The number of nitrogens with one attached hydrogen (secondary N) is 2. The van der Waals surface area contributed by atoms with Gasteiger partial charge < -0.3 is 20.8 Å². The van der Waals surface area contributed by atoms with Crippen LogP contribution in [0.3, 0.4) is 0 Å². The van der Waals surface area contributed by atoms with Gasteiger partial charge in [0.1, 0.15) is 0 Å². The van der Waals surface area contributed by atoms with Crippen molar-refractivity contribution >= 4 is 35.5 Å². The number of carboxylic acid groups (broad SMARTS) is 1. The lowest BCUT2D eigenvalue weighted by Gasteiger charge is -2.15. The molecule has 43 heavy (non-hydrogen) atoms. The molecule has 16 nitrogen and oxygen atoms in total. The van der Waals surface area contributed by atoms with Crippen molar-refractivity contribution in [1.29, 1.82) is 0 Å². The number of aliphatic carboxylic acids is 1. The summed E-state index contributed by atoms with van der Waals surface area (Å²) in [6.45, 7) is 1.04. The average molecular weight is 620 g/mol. The quantitative estimate of drug-likeness (QED) is 0.0406. The van der Waals surface area contributed by atoms with E-state index in [9.17, 15) is 44.4 Å². The summed E-state index contributed by atoms with van der Waals surface area (Å²) >= 11 is 0. The van der Waals surface area contributed by atoms with E-state index < -0.39 is 23.7 Å². The van der Waals surface area contributed by atoms with Crippen molar-refractivity contribution < 1.29 is 54.6 Å². The molecule has 0 bridgehead atoms. The highest BCUT2D eigenvalue weighted by atomic mass is 16.5. The normalized spacial score (nSPS) is 10.6. The summed E-state index contributed by atoms with van der Waals surface area (Å²) in [5.41, 5.74) is 0. The van der Waals surface area contributed by atoms with Crippen molar-refractivity contribution in [1.82, 2.24) is 25.8 Å². The number of rotatable bonds is 26. The molecule has 0 unspecified atom stereocenters. The van der Waals surface area contributed by atoms with Crippen LogP contribution in [0.25, 0.3) is 0 Å². The number of aliphatic hydroxyl groups is 1. The average Bonchev–Trinajstić information content (AvgIpc) is 2.98. The van der Waals surface area contributed by atoms with E-state index in [1.165, 1.54) is 0 Å². The second-order valence-corrected chi connectivity index (χ2v) is 10.0. The van der Waals surface area contributed by atoms with Gasteiger partial charge in [-0.05, 0) is 57.8 Å². The molecule has 0 saturated heterocycles. The van der Waals surface area contributed by atoms with Gasteiger partial charge >= 0.3 is 5.97 Å². The largest absolute Gasteiger partial charge is 0.481 e. The molecule has 5 amide bonds. The number of nitrogens with zero attached hydrogens (tertiary/aromatic N) is 3. The van der Waals surface area contributed by atoms with Crippen molar-refractivity contribution in [3.63, 3.8) is 0 Å². The van der Waals surface area contributed by atoms with Crippen LogP contribution in [0.5, 0.6) is 0 Å². The zero-order chi connectivity index (χ0) is 32.5. The lowest BCUT2D eigenvalue weighted by molar-refractivity contribution is -0.166.